The van der Waals surface area contributed by atoms with E-state index in [1.54, 1.807) is 30.3 Å². The van der Waals surface area contributed by atoms with Gasteiger partial charge in [0.25, 0.3) is 10.2 Å². The Hall–Kier alpha value is -2.25. The number of phenolic OH excluding ortho intramolecular Hbond substituents is 1. The first-order valence-corrected chi connectivity index (χ1v) is 7.81. The second-order valence-corrected chi connectivity index (χ2v) is 6.01. The topological polar surface area (TPSA) is 104 Å². The molecular weight excluding hydrogens is 290 g/mol. The van der Waals surface area contributed by atoms with E-state index in [0.717, 1.165) is 11.1 Å². The smallest absolute Gasteiger partial charge is 0.296 e. The van der Waals surface area contributed by atoms with Crippen LogP contribution in [0.4, 0.5) is 11.4 Å². The molecule has 21 heavy (non-hydrogen) atoms. The number of benzene rings is 2. The third kappa shape index (κ3) is 4.66. The van der Waals surface area contributed by atoms with Crippen molar-refractivity contribution in [2.45, 2.75) is 13.5 Å². The zero-order chi connectivity index (χ0) is 15.5. The number of nitrogens with one attached hydrogen (secondary N) is 2. The summed E-state index contributed by atoms with van der Waals surface area (Å²) < 4.78 is 24.2. The van der Waals surface area contributed by atoms with Crippen molar-refractivity contribution >= 4 is 21.6 Å². The fourth-order valence-corrected chi connectivity index (χ4v) is 2.37. The van der Waals surface area contributed by atoms with E-state index >= 15 is 0 Å². The Labute approximate surface area is 123 Å². The van der Waals surface area contributed by atoms with Gasteiger partial charge in [-0.25, -0.2) is 5.14 Å². The van der Waals surface area contributed by atoms with E-state index in [1.807, 2.05) is 19.1 Å². The van der Waals surface area contributed by atoms with Crippen molar-refractivity contribution in [2.75, 3.05) is 10.0 Å². The largest absolute Gasteiger partial charge is 0.508 e. The Balaban J connectivity index is 2.10. The zero-order valence-electron chi connectivity index (χ0n) is 11.5. The first-order valence-electron chi connectivity index (χ1n) is 6.26. The third-order valence-electron chi connectivity index (χ3n) is 2.84. The number of nitrogens with two attached hydrogens (primary N) is 1. The highest BCUT2D eigenvalue weighted by Crippen LogP contribution is 2.21. The van der Waals surface area contributed by atoms with Crippen molar-refractivity contribution < 1.29 is 13.5 Å². The highest BCUT2D eigenvalue weighted by atomic mass is 32.2. The second kappa shape index (κ2) is 6.02. The summed E-state index contributed by atoms with van der Waals surface area (Å²) >= 11 is 0. The summed E-state index contributed by atoms with van der Waals surface area (Å²) in [5.41, 5.74) is 2.90. The quantitative estimate of drug-likeness (QED) is 0.677. The molecule has 0 atom stereocenters. The average Bonchev–Trinajstić information content (AvgIpc) is 2.38. The maximum atomic E-state index is 11.0. The van der Waals surface area contributed by atoms with E-state index < -0.39 is 10.2 Å². The lowest BCUT2D eigenvalue weighted by atomic mass is 10.1. The number of aromatic hydroxyl groups is 1. The van der Waals surface area contributed by atoms with Crippen LogP contribution in [0.3, 0.4) is 0 Å². The van der Waals surface area contributed by atoms with Gasteiger partial charge in [-0.15, -0.1) is 0 Å². The molecule has 5 N–H and O–H groups in total. The molecule has 0 aliphatic heterocycles. The van der Waals surface area contributed by atoms with Gasteiger partial charge in [-0.1, -0.05) is 23.8 Å². The molecule has 0 bridgehead atoms. The van der Waals surface area contributed by atoms with Gasteiger partial charge in [-0.05, 0) is 31.2 Å². The molecule has 0 saturated carbocycles. The van der Waals surface area contributed by atoms with Gasteiger partial charge in [0.15, 0.2) is 0 Å². The van der Waals surface area contributed by atoms with E-state index in [-0.39, 0.29) is 5.75 Å². The van der Waals surface area contributed by atoms with Crippen molar-refractivity contribution in [3.05, 3.63) is 53.6 Å². The number of phenols is 1. The van der Waals surface area contributed by atoms with E-state index in [4.69, 9.17) is 5.14 Å². The molecule has 2 aromatic carbocycles. The Morgan fingerprint density at radius 1 is 1.14 bits per heavy atom. The molecule has 6 nitrogen and oxygen atoms in total. The highest BCUT2D eigenvalue weighted by molar-refractivity contribution is 7.90. The van der Waals surface area contributed by atoms with Crippen LogP contribution < -0.4 is 15.2 Å². The number of anilines is 2. The predicted molar refractivity (Wildman–Crippen MR) is 83.3 cm³/mol. The van der Waals surface area contributed by atoms with Crippen LogP contribution in [0.1, 0.15) is 11.1 Å². The van der Waals surface area contributed by atoms with Crippen molar-refractivity contribution in [3.63, 3.8) is 0 Å². The number of rotatable bonds is 5. The molecule has 0 unspecified atom stereocenters. The molecule has 0 radical (unpaired) electrons. The Kier molecular flexibility index (Phi) is 4.35. The predicted octanol–water partition coefficient (Wildman–Crippen LogP) is 1.93. The van der Waals surface area contributed by atoms with Gasteiger partial charge in [0.05, 0.1) is 5.69 Å². The van der Waals surface area contributed by atoms with E-state index in [1.165, 1.54) is 0 Å². The van der Waals surface area contributed by atoms with Crippen molar-refractivity contribution in [3.8, 4) is 5.75 Å². The Morgan fingerprint density at radius 3 is 2.57 bits per heavy atom. The summed E-state index contributed by atoms with van der Waals surface area (Å²) in [5.74, 6) is 0.215. The molecule has 0 amide bonds. The maximum absolute atomic E-state index is 11.0. The second-order valence-electron chi connectivity index (χ2n) is 4.71. The fraction of sp³-hybridized carbons (Fsp3) is 0.143. The van der Waals surface area contributed by atoms with Crippen LogP contribution in [0.2, 0.25) is 0 Å². The van der Waals surface area contributed by atoms with Crippen LogP contribution in [0.15, 0.2) is 42.5 Å². The van der Waals surface area contributed by atoms with Crippen LogP contribution in [0.25, 0.3) is 0 Å². The van der Waals surface area contributed by atoms with Crippen molar-refractivity contribution in [2.24, 2.45) is 5.14 Å². The van der Waals surface area contributed by atoms with E-state index in [2.05, 4.69) is 10.0 Å². The van der Waals surface area contributed by atoms with Gasteiger partial charge in [0, 0.05) is 17.8 Å². The molecule has 0 aliphatic carbocycles. The molecule has 0 saturated heterocycles. The zero-order valence-corrected chi connectivity index (χ0v) is 12.3. The lowest BCUT2D eigenvalue weighted by Gasteiger charge is -2.10. The number of hydrogen-bond acceptors (Lipinski definition) is 4. The fourth-order valence-electron chi connectivity index (χ4n) is 1.91. The first-order chi connectivity index (χ1) is 9.83. The molecule has 0 heterocycles. The van der Waals surface area contributed by atoms with Crippen LogP contribution in [-0.4, -0.2) is 13.5 Å². The molecule has 0 aromatic heterocycles. The van der Waals surface area contributed by atoms with Gasteiger partial charge >= 0.3 is 0 Å². The normalized spacial score (nSPS) is 11.1. The molecule has 0 fully saturated rings. The molecule has 2 rings (SSSR count). The molecular formula is C14H17N3O3S. The minimum atomic E-state index is -3.79. The summed E-state index contributed by atoms with van der Waals surface area (Å²) in [4.78, 5) is 0. The summed E-state index contributed by atoms with van der Waals surface area (Å²) in [7, 11) is -3.79. The van der Waals surface area contributed by atoms with Gasteiger partial charge < -0.3 is 10.4 Å². The van der Waals surface area contributed by atoms with Gasteiger partial charge in [-0.3, -0.25) is 4.72 Å². The lowest BCUT2D eigenvalue weighted by molar-refractivity contribution is 0.469. The standard InChI is InChI=1S/C14H17N3O3S/c1-10-5-6-14(18)11(7-10)9-16-12-3-2-4-13(8-12)17-21(15,19)20/h2-8,16-18H,9H2,1H3,(H2,15,19,20). The molecule has 7 heteroatoms. The summed E-state index contributed by atoms with van der Waals surface area (Å²) in [6.07, 6.45) is 0. The Morgan fingerprint density at radius 2 is 1.86 bits per heavy atom. The lowest BCUT2D eigenvalue weighted by Crippen LogP contribution is -2.21. The van der Waals surface area contributed by atoms with Crippen LogP contribution >= 0.6 is 0 Å². The maximum Gasteiger partial charge on any atom is 0.296 e. The number of hydrogen-bond donors (Lipinski definition) is 4. The summed E-state index contributed by atoms with van der Waals surface area (Å²) in [6, 6.07) is 12.1. The molecule has 0 aliphatic rings. The molecule has 112 valence electrons. The summed E-state index contributed by atoms with van der Waals surface area (Å²) in [6.45, 7) is 2.37. The molecule has 0 spiro atoms. The van der Waals surface area contributed by atoms with Crippen LogP contribution in [-0.2, 0) is 16.8 Å². The van der Waals surface area contributed by atoms with Crippen LogP contribution in [0, 0.1) is 6.92 Å². The minimum absolute atomic E-state index is 0.215. The molecule has 2 aromatic rings. The highest BCUT2D eigenvalue weighted by Gasteiger charge is 2.04. The SMILES string of the molecule is Cc1ccc(O)c(CNc2cccc(NS(N)(=O)=O)c2)c1. The van der Waals surface area contributed by atoms with Crippen molar-refractivity contribution in [1.29, 1.82) is 0 Å². The van der Waals surface area contributed by atoms with Crippen LogP contribution in [0.5, 0.6) is 5.75 Å². The minimum Gasteiger partial charge on any atom is -0.508 e. The average molecular weight is 307 g/mol. The van der Waals surface area contributed by atoms with Crippen molar-refractivity contribution in [1.82, 2.24) is 0 Å². The number of aryl methyl sites for hydroxylation is 1. The summed E-state index contributed by atoms with van der Waals surface area (Å²) in [5, 5.41) is 17.8. The van der Waals surface area contributed by atoms with Gasteiger partial charge in [-0.2, -0.15) is 8.42 Å². The van der Waals surface area contributed by atoms with Gasteiger partial charge in [0.1, 0.15) is 5.75 Å². The first kappa shape index (κ1) is 15.1. The monoisotopic (exact) mass is 307 g/mol. The van der Waals surface area contributed by atoms with Gasteiger partial charge in [0.2, 0.25) is 0 Å². The van der Waals surface area contributed by atoms with E-state index in [0.29, 0.717) is 17.9 Å². The van der Waals surface area contributed by atoms with E-state index in [9.17, 15) is 13.5 Å². The Bertz CT molecular complexity index is 745. The third-order valence-corrected chi connectivity index (χ3v) is 3.36.